The number of hydrogen-bond acceptors (Lipinski definition) is 2. The summed E-state index contributed by atoms with van der Waals surface area (Å²) in [5.74, 6) is -0.846. The van der Waals surface area contributed by atoms with Crippen molar-refractivity contribution in [3.63, 3.8) is 0 Å². The molecule has 0 radical (unpaired) electrons. The van der Waals surface area contributed by atoms with Gasteiger partial charge in [0.15, 0.2) is 0 Å². The van der Waals surface area contributed by atoms with E-state index in [2.05, 4.69) is 4.98 Å². The molecule has 0 aliphatic carbocycles. The zero-order valence-electron chi connectivity index (χ0n) is 7.70. The summed E-state index contributed by atoms with van der Waals surface area (Å²) in [4.78, 5) is 14.1. The first-order valence-electron chi connectivity index (χ1n) is 4.10. The van der Waals surface area contributed by atoms with Crippen molar-refractivity contribution < 1.29 is 9.90 Å². The van der Waals surface area contributed by atoms with Gasteiger partial charge in [-0.05, 0) is 24.1 Å². The molecule has 0 atom stereocenters. The topological polar surface area (TPSA) is 50.2 Å². The lowest BCUT2D eigenvalue weighted by atomic mass is 10.1. The molecule has 0 aliphatic heterocycles. The number of aliphatic carboxylic acids is 1. The van der Waals surface area contributed by atoms with Gasteiger partial charge in [-0.25, -0.2) is 4.98 Å². The summed E-state index contributed by atoms with van der Waals surface area (Å²) in [5, 5.41) is 8.86. The predicted octanol–water partition coefficient (Wildman–Crippen LogP) is 2.53. The first-order valence-corrected chi connectivity index (χ1v) is 4.48. The normalized spacial score (nSPS) is 10.7. The van der Waals surface area contributed by atoms with E-state index in [0.717, 1.165) is 11.1 Å². The molecule has 1 aromatic rings. The van der Waals surface area contributed by atoms with Crippen LogP contribution in [0.1, 0.15) is 17.5 Å². The number of rotatable bonds is 3. The molecule has 0 fully saturated rings. The van der Waals surface area contributed by atoms with Crippen LogP contribution < -0.4 is 0 Å². The van der Waals surface area contributed by atoms with Crippen LogP contribution in [0.4, 0.5) is 0 Å². The summed E-state index contributed by atoms with van der Waals surface area (Å²) in [7, 11) is 0. The molecule has 0 amide bonds. The fraction of sp³-hybridized carbons (Fsp3) is 0.200. The van der Waals surface area contributed by atoms with Gasteiger partial charge < -0.3 is 5.11 Å². The van der Waals surface area contributed by atoms with Gasteiger partial charge in [-0.3, -0.25) is 4.79 Å². The van der Waals surface area contributed by atoms with Crippen molar-refractivity contribution >= 4 is 23.6 Å². The fourth-order valence-electron chi connectivity index (χ4n) is 0.993. The number of carboxylic acid groups (broad SMARTS) is 1. The molecule has 1 heterocycles. The zero-order valence-corrected chi connectivity index (χ0v) is 8.45. The van der Waals surface area contributed by atoms with Crippen molar-refractivity contribution in [3.05, 3.63) is 34.6 Å². The van der Waals surface area contributed by atoms with Crippen LogP contribution in [0.15, 0.2) is 18.3 Å². The van der Waals surface area contributed by atoms with Crippen LogP contribution in [0, 0.1) is 6.92 Å². The van der Waals surface area contributed by atoms with E-state index in [0.29, 0.717) is 5.15 Å². The Labute approximate surface area is 87.0 Å². The van der Waals surface area contributed by atoms with Gasteiger partial charge in [0, 0.05) is 6.20 Å². The minimum atomic E-state index is -0.846. The van der Waals surface area contributed by atoms with Gasteiger partial charge in [0.2, 0.25) is 0 Å². The van der Waals surface area contributed by atoms with Gasteiger partial charge in [0.05, 0.1) is 6.42 Å². The summed E-state index contributed by atoms with van der Waals surface area (Å²) >= 11 is 5.67. The number of pyridine rings is 1. The largest absolute Gasteiger partial charge is 0.481 e. The number of aromatic nitrogens is 1. The Bertz CT molecular complexity index is 374. The minimum absolute atomic E-state index is 0.0159. The Balaban J connectivity index is 2.76. The molecular weight excluding hydrogens is 202 g/mol. The second kappa shape index (κ2) is 4.77. The van der Waals surface area contributed by atoms with Crippen LogP contribution >= 0.6 is 11.6 Å². The predicted molar refractivity (Wildman–Crippen MR) is 55.3 cm³/mol. The van der Waals surface area contributed by atoms with Gasteiger partial charge in [0.25, 0.3) is 0 Å². The molecule has 1 aromatic heterocycles. The van der Waals surface area contributed by atoms with Crippen LogP contribution in [0.25, 0.3) is 6.08 Å². The molecule has 0 aliphatic rings. The number of aryl methyl sites for hydroxylation is 1. The van der Waals surface area contributed by atoms with Gasteiger partial charge >= 0.3 is 5.97 Å². The summed E-state index contributed by atoms with van der Waals surface area (Å²) in [6.45, 7) is 1.90. The summed E-state index contributed by atoms with van der Waals surface area (Å²) in [5.41, 5.74) is 1.86. The lowest BCUT2D eigenvalue weighted by molar-refractivity contribution is -0.135. The van der Waals surface area contributed by atoms with E-state index < -0.39 is 5.97 Å². The van der Waals surface area contributed by atoms with Gasteiger partial charge in [-0.2, -0.15) is 0 Å². The van der Waals surface area contributed by atoms with Crippen molar-refractivity contribution in [1.29, 1.82) is 0 Å². The Morgan fingerprint density at radius 2 is 2.43 bits per heavy atom. The second-order valence-electron chi connectivity index (χ2n) is 2.86. The zero-order chi connectivity index (χ0) is 10.6. The maximum Gasteiger partial charge on any atom is 0.307 e. The van der Waals surface area contributed by atoms with Crippen molar-refractivity contribution in [1.82, 2.24) is 4.98 Å². The molecule has 3 nitrogen and oxygen atoms in total. The molecule has 0 unspecified atom stereocenters. The van der Waals surface area contributed by atoms with Gasteiger partial charge in [-0.1, -0.05) is 23.8 Å². The Morgan fingerprint density at radius 1 is 1.71 bits per heavy atom. The van der Waals surface area contributed by atoms with Crippen molar-refractivity contribution in [2.75, 3.05) is 0 Å². The maximum absolute atomic E-state index is 10.2. The number of halogens is 1. The number of carbonyl (C=O) groups is 1. The fourth-order valence-corrected chi connectivity index (χ4v) is 1.21. The molecule has 0 saturated carbocycles. The first-order chi connectivity index (χ1) is 6.59. The minimum Gasteiger partial charge on any atom is -0.481 e. The van der Waals surface area contributed by atoms with E-state index in [4.69, 9.17) is 16.7 Å². The van der Waals surface area contributed by atoms with Crippen molar-refractivity contribution in [2.45, 2.75) is 13.3 Å². The highest BCUT2D eigenvalue weighted by molar-refractivity contribution is 6.29. The first kappa shape index (κ1) is 10.7. The monoisotopic (exact) mass is 211 g/mol. The maximum atomic E-state index is 10.2. The van der Waals surface area contributed by atoms with Gasteiger partial charge in [0.1, 0.15) is 5.15 Å². The highest BCUT2D eigenvalue weighted by Crippen LogP contribution is 2.13. The number of hydrogen-bond donors (Lipinski definition) is 1. The third-order valence-corrected chi connectivity index (χ3v) is 1.91. The Hall–Kier alpha value is -1.35. The molecule has 0 saturated heterocycles. The van der Waals surface area contributed by atoms with Crippen LogP contribution in [0.3, 0.4) is 0 Å². The van der Waals surface area contributed by atoms with E-state index in [1.165, 1.54) is 0 Å². The molecule has 4 heteroatoms. The average Bonchev–Trinajstić information content (AvgIpc) is 2.08. The third kappa shape index (κ3) is 3.18. The number of nitrogens with zero attached hydrogens (tertiary/aromatic N) is 1. The molecule has 74 valence electrons. The second-order valence-corrected chi connectivity index (χ2v) is 3.25. The van der Waals surface area contributed by atoms with Crippen molar-refractivity contribution in [3.8, 4) is 0 Å². The van der Waals surface area contributed by atoms with E-state index >= 15 is 0 Å². The molecule has 0 bridgehead atoms. The van der Waals surface area contributed by atoms with Crippen molar-refractivity contribution in [2.24, 2.45) is 0 Å². The highest BCUT2D eigenvalue weighted by atomic mass is 35.5. The third-order valence-electron chi connectivity index (χ3n) is 1.71. The van der Waals surface area contributed by atoms with E-state index in [9.17, 15) is 4.79 Å². The molecule has 14 heavy (non-hydrogen) atoms. The SMILES string of the molecule is Cc1cc(Cl)ncc1C=CCC(=O)O. The highest BCUT2D eigenvalue weighted by Gasteiger charge is 1.96. The molecule has 0 aromatic carbocycles. The summed E-state index contributed by atoms with van der Waals surface area (Å²) < 4.78 is 0. The molecule has 1 N–H and O–H groups in total. The van der Waals surface area contributed by atoms with E-state index in [1.54, 1.807) is 24.4 Å². The molecule has 0 spiro atoms. The molecule has 1 rings (SSSR count). The molecular formula is C10H10ClNO2. The van der Waals surface area contributed by atoms with E-state index in [1.807, 2.05) is 6.92 Å². The van der Waals surface area contributed by atoms with Crippen LogP contribution in [-0.2, 0) is 4.79 Å². The van der Waals surface area contributed by atoms with Gasteiger partial charge in [-0.15, -0.1) is 0 Å². The quantitative estimate of drug-likeness (QED) is 0.782. The smallest absolute Gasteiger partial charge is 0.307 e. The Morgan fingerprint density at radius 3 is 3.00 bits per heavy atom. The lowest BCUT2D eigenvalue weighted by Crippen LogP contribution is -1.90. The Kier molecular flexibility index (Phi) is 3.65. The van der Waals surface area contributed by atoms with Crippen LogP contribution in [0.2, 0.25) is 5.15 Å². The van der Waals surface area contributed by atoms with Crippen LogP contribution in [-0.4, -0.2) is 16.1 Å². The number of carboxylic acids is 1. The lowest BCUT2D eigenvalue weighted by Gasteiger charge is -1.98. The van der Waals surface area contributed by atoms with Crippen LogP contribution in [0.5, 0.6) is 0 Å². The van der Waals surface area contributed by atoms with E-state index in [-0.39, 0.29) is 6.42 Å². The summed E-state index contributed by atoms with van der Waals surface area (Å²) in [6, 6.07) is 1.74. The standard InChI is InChI=1S/C10H10ClNO2/c1-7-5-9(11)12-6-8(7)3-2-4-10(13)14/h2-3,5-6H,4H2,1H3,(H,13,14). The average molecular weight is 212 g/mol. The summed E-state index contributed by atoms with van der Waals surface area (Å²) in [6.07, 6.45) is 4.95.